The van der Waals surface area contributed by atoms with Crippen molar-refractivity contribution in [3.8, 4) is 5.69 Å². The summed E-state index contributed by atoms with van der Waals surface area (Å²) in [6.07, 6.45) is 2.85. The summed E-state index contributed by atoms with van der Waals surface area (Å²) < 4.78 is 14.7. The Morgan fingerprint density at radius 1 is 1.50 bits per heavy atom. The van der Waals surface area contributed by atoms with Gasteiger partial charge in [-0.2, -0.15) is 5.10 Å². The first-order valence-corrected chi connectivity index (χ1v) is 5.39. The van der Waals surface area contributed by atoms with Crippen molar-refractivity contribution >= 4 is 5.91 Å². The number of rotatable bonds is 3. The lowest BCUT2D eigenvalue weighted by atomic mass is 10.1. The van der Waals surface area contributed by atoms with Crippen LogP contribution in [0.3, 0.4) is 0 Å². The molecular weight excluding hydrogens is 235 g/mol. The smallest absolute Gasteiger partial charge is 0.251 e. The summed E-state index contributed by atoms with van der Waals surface area (Å²) in [6.45, 7) is 1.75. The molecule has 0 unspecified atom stereocenters. The van der Waals surface area contributed by atoms with Crippen LogP contribution in [0.15, 0.2) is 30.6 Å². The highest BCUT2D eigenvalue weighted by Crippen LogP contribution is 2.21. The molecule has 0 radical (unpaired) electrons. The van der Waals surface area contributed by atoms with Gasteiger partial charge in [0, 0.05) is 12.2 Å². The van der Waals surface area contributed by atoms with E-state index in [-0.39, 0.29) is 17.4 Å². The van der Waals surface area contributed by atoms with Crippen LogP contribution in [0, 0.1) is 5.82 Å². The van der Waals surface area contributed by atoms with Gasteiger partial charge in [0.2, 0.25) is 0 Å². The van der Waals surface area contributed by atoms with Gasteiger partial charge in [0.1, 0.15) is 5.82 Å². The molecule has 5 nitrogen and oxygen atoms in total. The molecule has 1 aromatic heterocycles. The number of primary amides is 1. The van der Waals surface area contributed by atoms with Gasteiger partial charge in [0.25, 0.3) is 5.91 Å². The minimum absolute atomic E-state index is 0.287. The second-order valence-electron chi connectivity index (χ2n) is 4.03. The second kappa shape index (κ2) is 4.58. The van der Waals surface area contributed by atoms with Crippen molar-refractivity contribution in [2.75, 3.05) is 0 Å². The monoisotopic (exact) mass is 248 g/mol. The Labute approximate surface area is 103 Å². The number of benzene rings is 1. The molecule has 0 saturated heterocycles. The average Bonchev–Trinajstić information content (AvgIpc) is 2.78. The largest absolute Gasteiger partial charge is 0.366 e. The van der Waals surface area contributed by atoms with Crippen LogP contribution in [0.25, 0.3) is 5.69 Å². The van der Waals surface area contributed by atoms with Crippen LogP contribution in [-0.4, -0.2) is 15.7 Å². The fourth-order valence-corrected chi connectivity index (χ4v) is 1.68. The molecule has 0 bridgehead atoms. The Balaban J connectivity index is 2.52. The van der Waals surface area contributed by atoms with Crippen LogP contribution in [0.5, 0.6) is 0 Å². The third kappa shape index (κ3) is 2.23. The molecule has 1 heterocycles. The maximum absolute atomic E-state index is 13.2. The van der Waals surface area contributed by atoms with E-state index < -0.39 is 5.91 Å². The molecule has 1 aromatic carbocycles. The molecule has 2 rings (SSSR count). The van der Waals surface area contributed by atoms with Gasteiger partial charge in [-0.15, -0.1) is 0 Å². The van der Waals surface area contributed by atoms with Gasteiger partial charge < -0.3 is 11.5 Å². The van der Waals surface area contributed by atoms with Crippen LogP contribution < -0.4 is 11.5 Å². The van der Waals surface area contributed by atoms with E-state index in [4.69, 9.17) is 11.5 Å². The highest BCUT2D eigenvalue weighted by atomic mass is 19.1. The number of carbonyl (C=O) groups excluding carboxylic acids is 1. The van der Waals surface area contributed by atoms with Crippen molar-refractivity contribution in [1.82, 2.24) is 9.78 Å². The Morgan fingerprint density at radius 3 is 2.78 bits per heavy atom. The zero-order valence-corrected chi connectivity index (χ0v) is 9.80. The van der Waals surface area contributed by atoms with Gasteiger partial charge in [0.05, 0.1) is 17.4 Å². The Bertz CT molecular complexity index is 592. The first kappa shape index (κ1) is 12.3. The molecule has 18 heavy (non-hydrogen) atoms. The number of aromatic nitrogens is 2. The van der Waals surface area contributed by atoms with E-state index in [9.17, 15) is 9.18 Å². The van der Waals surface area contributed by atoms with E-state index in [0.29, 0.717) is 11.3 Å². The van der Waals surface area contributed by atoms with Crippen LogP contribution in [0.4, 0.5) is 4.39 Å². The normalized spacial score (nSPS) is 12.4. The summed E-state index contributed by atoms with van der Waals surface area (Å²) in [5, 5.41) is 4.02. The number of nitrogens with two attached hydrogens (primary N) is 2. The van der Waals surface area contributed by atoms with Crippen LogP contribution >= 0.6 is 0 Å². The maximum Gasteiger partial charge on any atom is 0.251 e. The van der Waals surface area contributed by atoms with E-state index in [1.165, 1.54) is 29.2 Å². The molecule has 6 heteroatoms. The topological polar surface area (TPSA) is 86.9 Å². The summed E-state index contributed by atoms with van der Waals surface area (Å²) >= 11 is 0. The van der Waals surface area contributed by atoms with Crippen LogP contribution in [-0.2, 0) is 0 Å². The summed E-state index contributed by atoms with van der Waals surface area (Å²) in [5.74, 6) is -0.931. The van der Waals surface area contributed by atoms with E-state index >= 15 is 0 Å². The van der Waals surface area contributed by atoms with Gasteiger partial charge in [-0.3, -0.25) is 4.79 Å². The Morgan fingerprint density at radius 2 is 2.22 bits per heavy atom. The van der Waals surface area contributed by atoms with Crippen molar-refractivity contribution in [3.05, 3.63) is 47.5 Å². The fourth-order valence-electron chi connectivity index (χ4n) is 1.68. The summed E-state index contributed by atoms with van der Waals surface area (Å²) in [5.41, 5.74) is 12.5. The predicted octanol–water partition coefficient (Wildman–Crippen LogP) is 1.13. The summed E-state index contributed by atoms with van der Waals surface area (Å²) in [7, 11) is 0. The highest BCUT2D eigenvalue weighted by molar-refractivity contribution is 5.92. The van der Waals surface area contributed by atoms with Crippen molar-refractivity contribution in [3.63, 3.8) is 0 Å². The van der Waals surface area contributed by atoms with Crippen molar-refractivity contribution in [1.29, 1.82) is 0 Å². The second-order valence-corrected chi connectivity index (χ2v) is 4.03. The van der Waals surface area contributed by atoms with Crippen LogP contribution in [0.2, 0.25) is 0 Å². The fraction of sp³-hybridized carbons (Fsp3) is 0.167. The molecule has 94 valence electrons. The van der Waals surface area contributed by atoms with Gasteiger partial charge in [-0.1, -0.05) is 0 Å². The average molecular weight is 248 g/mol. The SMILES string of the molecule is C[C@@H](N)c1cc(F)ccc1-n1cc(C(N)=O)cn1. The molecule has 4 N–H and O–H groups in total. The molecule has 0 aliphatic rings. The molecule has 0 saturated carbocycles. The minimum Gasteiger partial charge on any atom is -0.366 e. The van der Waals surface area contributed by atoms with E-state index in [1.54, 1.807) is 13.0 Å². The standard InChI is InChI=1S/C12H13FN4O/c1-7(14)10-4-9(13)2-3-11(10)17-6-8(5-16-17)12(15)18/h2-7H,14H2,1H3,(H2,15,18)/t7-/m1/s1. The third-order valence-electron chi connectivity index (χ3n) is 2.59. The maximum atomic E-state index is 13.2. The molecule has 1 atom stereocenters. The predicted molar refractivity (Wildman–Crippen MR) is 64.6 cm³/mol. The first-order chi connectivity index (χ1) is 8.49. The zero-order chi connectivity index (χ0) is 13.3. The molecule has 2 aromatic rings. The van der Waals surface area contributed by atoms with Crippen LogP contribution in [0.1, 0.15) is 28.9 Å². The lowest BCUT2D eigenvalue weighted by Gasteiger charge is -2.12. The lowest BCUT2D eigenvalue weighted by molar-refractivity contribution is 0.100. The molecule has 0 fully saturated rings. The van der Waals surface area contributed by atoms with Crippen molar-refractivity contribution in [2.24, 2.45) is 11.5 Å². The molecule has 1 amide bonds. The van der Waals surface area contributed by atoms with E-state index in [1.807, 2.05) is 0 Å². The Hall–Kier alpha value is -2.21. The zero-order valence-electron chi connectivity index (χ0n) is 9.80. The van der Waals surface area contributed by atoms with Crippen molar-refractivity contribution < 1.29 is 9.18 Å². The Kier molecular flexibility index (Phi) is 3.12. The number of amides is 1. The number of hydrogen-bond acceptors (Lipinski definition) is 3. The van der Waals surface area contributed by atoms with E-state index in [2.05, 4.69) is 5.10 Å². The lowest BCUT2D eigenvalue weighted by Crippen LogP contribution is -2.11. The third-order valence-corrected chi connectivity index (χ3v) is 2.59. The minimum atomic E-state index is -0.564. The number of carbonyl (C=O) groups is 1. The van der Waals surface area contributed by atoms with Crippen molar-refractivity contribution in [2.45, 2.75) is 13.0 Å². The van der Waals surface area contributed by atoms with Gasteiger partial charge in [-0.05, 0) is 30.7 Å². The van der Waals surface area contributed by atoms with E-state index in [0.717, 1.165) is 0 Å². The summed E-state index contributed by atoms with van der Waals surface area (Å²) in [4.78, 5) is 11.0. The first-order valence-electron chi connectivity index (χ1n) is 5.39. The quantitative estimate of drug-likeness (QED) is 0.853. The summed E-state index contributed by atoms with van der Waals surface area (Å²) in [6, 6.07) is 3.88. The molecule has 0 aliphatic carbocycles. The highest BCUT2D eigenvalue weighted by Gasteiger charge is 2.12. The van der Waals surface area contributed by atoms with Gasteiger partial charge in [-0.25, -0.2) is 9.07 Å². The van der Waals surface area contributed by atoms with Gasteiger partial charge in [0.15, 0.2) is 0 Å². The van der Waals surface area contributed by atoms with Gasteiger partial charge >= 0.3 is 0 Å². The number of hydrogen-bond donors (Lipinski definition) is 2. The molecule has 0 spiro atoms. The number of halogens is 1. The molecule has 0 aliphatic heterocycles. The number of nitrogens with zero attached hydrogens (tertiary/aromatic N) is 2. The molecular formula is C12H13FN4O.